The number of hydrogen-bond acceptors (Lipinski definition) is 4. The molecule has 0 fully saturated rings. The van der Waals surface area contributed by atoms with E-state index in [9.17, 15) is 13.2 Å². The van der Waals surface area contributed by atoms with Crippen molar-refractivity contribution in [2.24, 2.45) is 0 Å². The van der Waals surface area contributed by atoms with Crippen molar-refractivity contribution in [2.45, 2.75) is 16.6 Å². The molecule has 3 aromatic carbocycles. The molecule has 3 aromatic rings. The highest BCUT2D eigenvalue weighted by Crippen LogP contribution is 2.37. The van der Waals surface area contributed by atoms with Crippen LogP contribution >= 0.6 is 0 Å². The molecule has 0 N–H and O–H groups in total. The molecular weight excluding hydrogens is 360 g/mol. The fourth-order valence-corrected chi connectivity index (χ4v) is 4.77. The SMILES string of the molecule is COc1ccccc1[C@@H](CC(=O)c1ccccc1)S(=O)(=O)c1ccccc1. The van der Waals surface area contributed by atoms with Gasteiger partial charge in [0.25, 0.3) is 0 Å². The summed E-state index contributed by atoms with van der Waals surface area (Å²) in [6.07, 6.45) is -0.165. The summed E-state index contributed by atoms with van der Waals surface area (Å²) in [7, 11) is -2.30. The summed E-state index contributed by atoms with van der Waals surface area (Å²) in [6.45, 7) is 0. The van der Waals surface area contributed by atoms with Gasteiger partial charge in [0.05, 0.1) is 12.0 Å². The fourth-order valence-electron chi connectivity index (χ4n) is 3.00. The van der Waals surface area contributed by atoms with Crippen molar-refractivity contribution in [1.29, 1.82) is 0 Å². The predicted molar refractivity (Wildman–Crippen MR) is 105 cm³/mol. The number of hydrogen-bond donors (Lipinski definition) is 0. The third-order valence-corrected chi connectivity index (χ3v) is 6.50. The van der Waals surface area contributed by atoms with Crippen molar-refractivity contribution in [2.75, 3.05) is 7.11 Å². The lowest BCUT2D eigenvalue weighted by atomic mass is 10.0. The standard InChI is InChI=1S/C22H20O4S/c1-26-21-15-9-8-14-19(21)22(16-20(23)17-10-4-2-5-11-17)27(24,25)18-12-6-3-7-13-18/h2-15,22H,16H2,1H3/t22-/m1/s1. The van der Waals surface area contributed by atoms with Crippen molar-refractivity contribution in [3.63, 3.8) is 0 Å². The van der Waals surface area contributed by atoms with E-state index in [4.69, 9.17) is 4.74 Å². The third-order valence-electron chi connectivity index (χ3n) is 4.40. The lowest BCUT2D eigenvalue weighted by molar-refractivity contribution is 0.0980. The fraction of sp³-hybridized carbons (Fsp3) is 0.136. The van der Waals surface area contributed by atoms with E-state index in [2.05, 4.69) is 0 Å². The topological polar surface area (TPSA) is 60.4 Å². The summed E-state index contributed by atoms with van der Waals surface area (Å²) in [6, 6.07) is 23.8. The molecule has 27 heavy (non-hydrogen) atoms. The number of rotatable bonds is 7. The summed E-state index contributed by atoms with van der Waals surface area (Å²) < 4.78 is 32.1. The summed E-state index contributed by atoms with van der Waals surface area (Å²) in [5, 5.41) is -1.04. The normalized spacial score (nSPS) is 12.3. The van der Waals surface area contributed by atoms with E-state index in [0.29, 0.717) is 16.9 Å². The Morgan fingerprint density at radius 2 is 1.41 bits per heavy atom. The first-order valence-electron chi connectivity index (χ1n) is 8.54. The molecule has 0 aliphatic rings. The Balaban J connectivity index is 2.08. The first-order valence-corrected chi connectivity index (χ1v) is 10.1. The van der Waals surface area contributed by atoms with E-state index >= 15 is 0 Å². The second-order valence-corrected chi connectivity index (χ2v) is 8.21. The van der Waals surface area contributed by atoms with Gasteiger partial charge in [-0.15, -0.1) is 0 Å². The van der Waals surface area contributed by atoms with Crippen LogP contribution in [0.1, 0.15) is 27.6 Å². The number of para-hydroxylation sites is 1. The summed E-state index contributed by atoms with van der Waals surface area (Å²) in [4.78, 5) is 13.0. The van der Waals surface area contributed by atoms with E-state index in [1.807, 2.05) is 6.07 Å². The molecule has 0 aliphatic heterocycles. The van der Waals surface area contributed by atoms with Gasteiger partial charge in [-0.05, 0) is 18.2 Å². The third kappa shape index (κ3) is 4.09. The van der Waals surface area contributed by atoms with Gasteiger partial charge in [0, 0.05) is 17.5 Å². The van der Waals surface area contributed by atoms with E-state index < -0.39 is 15.1 Å². The summed E-state index contributed by atoms with van der Waals surface area (Å²) in [5.41, 5.74) is 0.966. The molecule has 0 unspecified atom stereocenters. The second-order valence-electron chi connectivity index (χ2n) is 6.08. The monoisotopic (exact) mass is 380 g/mol. The molecule has 3 rings (SSSR count). The van der Waals surface area contributed by atoms with Crippen LogP contribution in [-0.2, 0) is 9.84 Å². The highest BCUT2D eigenvalue weighted by Gasteiger charge is 2.33. The Morgan fingerprint density at radius 1 is 0.852 bits per heavy atom. The lowest BCUT2D eigenvalue weighted by Gasteiger charge is -2.20. The number of carbonyl (C=O) groups excluding carboxylic acids is 1. The van der Waals surface area contributed by atoms with Crippen LogP contribution in [0.5, 0.6) is 5.75 Å². The molecule has 0 radical (unpaired) electrons. The quantitative estimate of drug-likeness (QED) is 0.567. The number of ether oxygens (including phenoxy) is 1. The van der Waals surface area contributed by atoms with Crippen LogP contribution in [0.25, 0.3) is 0 Å². The van der Waals surface area contributed by atoms with Gasteiger partial charge in [-0.1, -0.05) is 66.7 Å². The molecule has 0 amide bonds. The Labute approximate surface area is 159 Å². The molecule has 0 bridgehead atoms. The number of Topliss-reactive ketones (excluding diaryl/α,β-unsaturated/α-hetero) is 1. The average molecular weight is 380 g/mol. The van der Waals surface area contributed by atoms with Gasteiger partial charge in [0.1, 0.15) is 11.0 Å². The minimum absolute atomic E-state index is 0.165. The number of benzene rings is 3. The minimum Gasteiger partial charge on any atom is -0.496 e. The maximum Gasteiger partial charge on any atom is 0.185 e. The molecule has 0 heterocycles. The zero-order valence-corrected chi connectivity index (χ0v) is 15.7. The predicted octanol–water partition coefficient (Wildman–Crippen LogP) is 4.48. The molecule has 5 heteroatoms. The molecule has 0 aromatic heterocycles. The Bertz CT molecular complexity index is 1010. The minimum atomic E-state index is -3.79. The van der Waals surface area contributed by atoms with Crippen molar-refractivity contribution in [3.05, 3.63) is 96.1 Å². The maximum absolute atomic E-state index is 13.4. The molecule has 0 spiro atoms. The van der Waals surface area contributed by atoms with Gasteiger partial charge in [-0.3, -0.25) is 4.79 Å². The van der Waals surface area contributed by atoms with Crippen LogP contribution in [0.15, 0.2) is 89.8 Å². The van der Waals surface area contributed by atoms with E-state index in [0.717, 1.165) is 0 Å². The summed E-state index contributed by atoms with van der Waals surface area (Å²) >= 11 is 0. The Morgan fingerprint density at radius 3 is 2.04 bits per heavy atom. The van der Waals surface area contributed by atoms with Gasteiger partial charge in [0.2, 0.25) is 0 Å². The van der Waals surface area contributed by atoms with E-state index in [1.165, 1.54) is 7.11 Å². The Hall–Kier alpha value is -2.92. The van der Waals surface area contributed by atoms with Crippen LogP contribution in [0.4, 0.5) is 0 Å². The number of sulfone groups is 1. The van der Waals surface area contributed by atoms with Crippen LogP contribution in [0, 0.1) is 0 Å². The molecule has 0 saturated heterocycles. The van der Waals surface area contributed by atoms with Crippen molar-refractivity contribution >= 4 is 15.6 Å². The first-order chi connectivity index (χ1) is 13.0. The van der Waals surface area contributed by atoms with Gasteiger partial charge < -0.3 is 4.74 Å². The number of carbonyl (C=O) groups is 1. The van der Waals surface area contributed by atoms with Gasteiger partial charge in [0.15, 0.2) is 15.6 Å². The van der Waals surface area contributed by atoms with Gasteiger partial charge in [-0.25, -0.2) is 8.42 Å². The highest BCUT2D eigenvalue weighted by atomic mass is 32.2. The Kier molecular flexibility index (Phi) is 5.72. The van der Waals surface area contributed by atoms with E-state index in [-0.39, 0.29) is 17.1 Å². The van der Waals surface area contributed by atoms with Crippen LogP contribution < -0.4 is 4.74 Å². The summed E-state index contributed by atoms with van der Waals surface area (Å²) in [5.74, 6) is 0.217. The van der Waals surface area contributed by atoms with E-state index in [1.54, 1.807) is 78.9 Å². The average Bonchev–Trinajstić information content (AvgIpc) is 2.73. The van der Waals surface area contributed by atoms with Crippen LogP contribution in [0.2, 0.25) is 0 Å². The highest BCUT2D eigenvalue weighted by molar-refractivity contribution is 7.91. The molecular formula is C22H20O4S. The van der Waals surface area contributed by atoms with Crippen molar-refractivity contribution < 1.29 is 17.9 Å². The smallest absolute Gasteiger partial charge is 0.185 e. The first kappa shape index (κ1) is 18.9. The largest absolute Gasteiger partial charge is 0.496 e. The zero-order valence-electron chi connectivity index (χ0n) is 14.9. The van der Waals surface area contributed by atoms with Gasteiger partial charge >= 0.3 is 0 Å². The molecule has 1 atom stereocenters. The molecule has 0 aliphatic carbocycles. The molecule has 4 nitrogen and oxygen atoms in total. The van der Waals surface area contributed by atoms with Crippen LogP contribution in [-0.4, -0.2) is 21.3 Å². The van der Waals surface area contributed by atoms with Crippen molar-refractivity contribution in [3.8, 4) is 5.75 Å². The second kappa shape index (κ2) is 8.18. The van der Waals surface area contributed by atoms with Gasteiger partial charge in [-0.2, -0.15) is 0 Å². The number of ketones is 1. The maximum atomic E-state index is 13.4. The van der Waals surface area contributed by atoms with Crippen LogP contribution in [0.3, 0.4) is 0 Å². The molecule has 0 saturated carbocycles. The lowest BCUT2D eigenvalue weighted by Crippen LogP contribution is -2.18. The number of methoxy groups -OCH3 is 1. The van der Waals surface area contributed by atoms with Crippen molar-refractivity contribution in [1.82, 2.24) is 0 Å². The zero-order chi connectivity index (χ0) is 19.3. The molecule has 138 valence electrons.